The Labute approximate surface area is 230 Å². The molecule has 2 saturated heterocycles. The summed E-state index contributed by atoms with van der Waals surface area (Å²) in [5.74, 6) is -0.181. The van der Waals surface area contributed by atoms with Crippen molar-refractivity contribution in [1.29, 1.82) is 0 Å². The van der Waals surface area contributed by atoms with E-state index in [9.17, 15) is 9.59 Å². The number of rotatable bonds is 15. The zero-order valence-corrected chi connectivity index (χ0v) is 22.7. The fourth-order valence-corrected chi connectivity index (χ4v) is 5.01. The Bertz CT molecular complexity index is 1020. The van der Waals surface area contributed by atoms with E-state index in [2.05, 4.69) is 0 Å². The van der Waals surface area contributed by atoms with Gasteiger partial charge in [-0.2, -0.15) is 0 Å². The summed E-state index contributed by atoms with van der Waals surface area (Å²) in [4.78, 5) is 26.3. The van der Waals surface area contributed by atoms with Gasteiger partial charge in [-0.05, 0) is 30.9 Å². The lowest BCUT2D eigenvalue weighted by atomic mass is 9.96. The van der Waals surface area contributed by atoms with Gasteiger partial charge in [0.05, 0.1) is 19.8 Å². The van der Waals surface area contributed by atoms with Gasteiger partial charge in [0.2, 0.25) is 0 Å². The number of nitrogens with zero attached hydrogens (tertiary/aromatic N) is 1. The fraction of sp³-hybridized carbons (Fsp3) is 0.533. The molecule has 0 aromatic heterocycles. The van der Waals surface area contributed by atoms with E-state index >= 15 is 0 Å². The van der Waals surface area contributed by atoms with Gasteiger partial charge in [-0.1, -0.05) is 67.1 Å². The fourth-order valence-electron chi connectivity index (χ4n) is 5.01. The van der Waals surface area contributed by atoms with Crippen molar-refractivity contribution in [2.75, 3.05) is 26.9 Å². The quantitative estimate of drug-likeness (QED) is 0.241. The standard InChI is InChI=1S/C30H39NO8/c1-3-36-25(32)17-11-6-12-18-37-27-24(21-35-20-23-15-9-5-10-16-23)38-29(34-2)26-28(27)39-30(33)31(26)19-22-13-7-4-8-14-22/h4-5,7-10,13-16,24,26-29H,3,6,11-12,17-21H2,1-2H3/t24-,26-,27-,28-,29+/m1/s1. The number of hydrogen-bond donors (Lipinski definition) is 0. The minimum Gasteiger partial charge on any atom is -0.466 e. The molecular formula is C30H39NO8. The van der Waals surface area contributed by atoms with Crippen molar-refractivity contribution >= 4 is 12.1 Å². The summed E-state index contributed by atoms with van der Waals surface area (Å²) in [5, 5.41) is 0. The first-order valence-corrected chi connectivity index (χ1v) is 13.7. The number of hydrogen-bond acceptors (Lipinski definition) is 8. The third-order valence-corrected chi connectivity index (χ3v) is 6.91. The summed E-state index contributed by atoms with van der Waals surface area (Å²) in [6.07, 6.45) is -0.0435. The highest BCUT2D eigenvalue weighted by molar-refractivity contribution is 5.71. The van der Waals surface area contributed by atoms with E-state index in [-0.39, 0.29) is 12.6 Å². The second kappa shape index (κ2) is 15.0. The zero-order chi connectivity index (χ0) is 27.5. The highest BCUT2D eigenvalue weighted by Crippen LogP contribution is 2.36. The molecule has 0 saturated carbocycles. The predicted molar refractivity (Wildman–Crippen MR) is 143 cm³/mol. The molecule has 2 heterocycles. The maximum absolute atomic E-state index is 13.1. The van der Waals surface area contributed by atoms with Crippen LogP contribution < -0.4 is 0 Å². The molecule has 2 aliphatic heterocycles. The van der Waals surface area contributed by atoms with Crippen LogP contribution in [0.4, 0.5) is 4.79 Å². The largest absolute Gasteiger partial charge is 0.466 e. The molecule has 2 aromatic carbocycles. The van der Waals surface area contributed by atoms with Crippen LogP contribution in [0.1, 0.15) is 43.7 Å². The third kappa shape index (κ3) is 8.02. The molecule has 0 aliphatic carbocycles. The molecule has 4 rings (SSSR count). The second-order valence-corrected chi connectivity index (χ2v) is 9.68. The van der Waals surface area contributed by atoms with E-state index in [1.807, 2.05) is 60.7 Å². The zero-order valence-electron chi connectivity index (χ0n) is 22.7. The summed E-state index contributed by atoms with van der Waals surface area (Å²) >= 11 is 0. The molecule has 1 amide bonds. The molecule has 2 aliphatic rings. The molecule has 212 valence electrons. The lowest BCUT2D eigenvalue weighted by Gasteiger charge is -2.43. The highest BCUT2D eigenvalue weighted by Gasteiger charge is 2.57. The van der Waals surface area contributed by atoms with Gasteiger partial charge in [-0.3, -0.25) is 9.69 Å². The number of unbranched alkanes of at least 4 members (excludes halogenated alkanes) is 2. The van der Waals surface area contributed by atoms with Gasteiger partial charge in [0.25, 0.3) is 0 Å². The highest BCUT2D eigenvalue weighted by atomic mass is 16.7. The van der Waals surface area contributed by atoms with E-state index in [1.54, 1.807) is 18.9 Å². The Morgan fingerprint density at radius 2 is 1.69 bits per heavy atom. The van der Waals surface area contributed by atoms with Gasteiger partial charge < -0.3 is 28.4 Å². The van der Waals surface area contributed by atoms with Gasteiger partial charge in [0.1, 0.15) is 18.2 Å². The Hall–Kier alpha value is -2.98. The van der Waals surface area contributed by atoms with Crippen molar-refractivity contribution in [1.82, 2.24) is 4.90 Å². The second-order valence-electron chi connectivity index (χ2n) is 9.68. The van der Waals surface area contributed by atoms with E-state index < -0.39 is 36.7 Å². The minimum atomic E-state index is -0.695. The van der Waals surface area contributed by atoms with Crippen LogP contribution in [0.25, 0.3) is 0 Å². The van der Waals surface area contributed by atoms with E-state index in [1.165, 1.54) is 0 Å². The SMILES string of the molecule is CCOC(=O)CCCCCO[C@H]1[C@@H]2OC(=O)N(Cc3ccccc3)[C@H]2[C@@H](OC)O[C@@H]1COCc1ccccc1. The smallest absolute Gasteiger partial charge is 0.411 e. The number of carbonyl (C=O) groups is 2. The third-order valence-electron chi connectivity index (χ3n) is 6.91. The van der Waals surface area contributed by atoms with Crippen LogP contribution in [0.3, 0.4) is 0 Å². The molecular weight excluding hydrogens is 502 g/mol. The minimum absolute atomic E-state index is 0.181. The first-order valence-electron chi connectivity index (χ1n) is 13.7. The Morgan fingerprint density at radius 1 is 0.974 bits per heavy atom. The summed E-state index contributed by atoms with van der Waals surface area (Å²) < 4.78 is 35.3. The summed E-state index contributed by atoms with van der Waals surface area (Å²) in [6, 6.07) is 19.2. The number of carbonyl (C=O) groups excluding carboxylic acids is 2. The maximum Gasteiger partial charge on any atom is 0.411 e. The van der Waals surface area contributed by atoms with Crippen molar-refractivity contribution in [3.05, 3.63) is 71.8 Å². The lowest BCUT2D eigenvalue weighted by Crippen LogP contribution is -2.61. The van der Waals surface area contributed by atoms with Gasteiger partial charge in [0.15, 0.2) is 12.4 Å². The van der Waals surface area contributed by atoms with Crippen LogP contribution in [-0.4, -0.2) is 74.5 Å². The monoisotopic (exact) mass is 541 g/mol. The van der Waals surface area contributed by atoms with Gasteiger partial charge in [-0.25, -0.2) is 4.79 Å². The number of amides is 1. The average Bonchev–Trinajstić information content (AvgIpc) is 3.27. The number of fused-ring (bicyclic) bond motifs is 1. The summed E-state index contributed by atoms with van der Waals surface area (Å²) in [6.45, 7) is 3.68. The van der Waals surface area contributed by atoms with E-state index in [0.29, 0.717) is 32.8 Å². The molecule has 0 N–H and O–H groups in total. The molecule has 2 fully saturated rings. The van der Waals surface area contributed by atoms with Crippen molar-refractivity contribution in [2.45, 2.75) is 76.4 Å². The number of ether oxygens (including phenoxy) is 6. The molecule has 0 spiro atoms. The van der Waals surface area contributed by atoms with Crippen LogP contribution in [0.2, 0.25) is 0 Å². The molecule has 5 atom stereocenters. The van der Waals surface area contributed by atoms with Crippen LogP contribution in [-0.2, 0) is 46.4 Å². The van der Waals surface area contributed by atoms with Gasteiger partial charge >= 0.3 is 12.1 Å². The Morgan fingerprint density at radius 3 is 2.38 bits per heavy atom. The summed E-state index contributed by atoms with van der Waals surface area (Å²) in [5.41, 5.74) is 2.03. The molecule has 2 aromatic rings. The first kappa shape index (κ1) is 29.0. The Balaban J connectivity index is 1.41. The van der Waals surface area contributed by atoms with Crippen molar-refractivity contribution in [2.24, 2.45) is 0 Å². The van der Waals surface area contributed by atoms with Crippen LogP contribution in [0.5, 0.6) is 0 Å². The molecule has 0 bridgehead atoms. The predicted octanol–water partition coefficient (Wildman–Crippen LogP) is 4.47. The van der Waals surface area contributed by atoms with Gasteiger partial charge in [0, 0.05) is 26.7 Å². The molecule has 39 heavy (non-hydrogen) atoms. The number of benzene rings is 2. The van der Waals surface area contributed by atoms with Crippen molar-refractivity contribution in [3.63, 3.8) is 0 Å². The first-order chi connectivity index (χ1) is 19.1. The van der Waals surface area contributed by atoms with Crippen LogP contribution in [0, 0.1) is 0 Å². The topological polar surface area (TPSA) is 92.8 Å². The average molecular weight is 542 g/mol. The normalized spacial score (nSPS) is 24.3. The van der Waals surface area contributed by atoms with Crippen LogP contribution in [0.15, 0.2) is 60.7 Å². The van der Waals surface area contributed by atoms with Crippen LogP contribution >= 0.6 is 0 Å². The molecule has 0 unspecified atom stereocenters. The summed E-state index contributed by atoms with van der Waals surface area (Å²) in [7, 11) is 1.57. The van der Waals surface area contributed by atoms with Crippen molar-refractivity contribution < 1.29 is 38.0 Å². The van der Waals surface area contributed by atoms with E-state index in [4.69, 9.17) is 28.4 Å². The number of esters is 1. The van der Waals surface area contributed by atoms with Crippen molar-refractivity contribution in [3.8, 4) is 0 Å². The number of methoxy groups -OCH3 is 1. The molecule has 9 nitrogen and oxygen atoms in total. The molecule has 9 heteroatoms. The van der Waals surface area contributed by atoms with E-state index in [0.717, 1.165) is 30.4 Å². The Kier molecular flexibility index (Phi) is 11.1. The molecule has 0 radical (unpaired) electrons. The maximum atomic E-state index is 13.1. The lowest BCUT2D eigenvalue weighted by molar-refractivity contribution is -0.271. The van der Waals surface area contributed by atoms with Gasteiger partial charge in [-0.15, -0.1) is 0 Å².